The zero-order chi connectivity index (χ0) is 39.7. The zero-order valence-electron chi connectivity index (χ0n) is 33.4. The Morgan fingerprint density at radius 2 is 0.833 bits per heavy atom. The summed E-state index contributed by atoms with van der Waals surface area (Å²) in [6, 6.07) is 75.4. The highest BCUT2D eigenvalue weighted by atomic mass is 32.1. The van der Waals surface area contributed by atoms with E-state index in [2.05, 4.69) is 219 Å². The second-order valence-electron chi connectivity index (χ2n) is 17.2. The lowest BCUT2D eigenvalue weighted by molar-refractivity contribution is 0.662. The molecular weight excluding hydrogens is 743 g/mol. The molecule has 1 nitrogen and oxygen atoms in total. The highest BCUT2D eigenvalue weighted by Gasteiger charge is 2.51. The van der Waals surface area contributed by atoms with Gasteiger partial charge in [-0.2, -0.15) is 0 Å². The molecule has 0 unspecified atom stereocenters. The fourth-order valence-electron chi connectivity index (χ4n) is 11.4. The van der Waals surface area contributed by atoms with Crippen LogP contribution in [0.15, 0.2) is 200 Å². The summed E-state index contributed by atoms with van der Waals surface area (Å²) in [6.07, 6.45) is 0. The Morgan fingerprint density at radius 3 is 1.52 bits per heavy atom. The molecule has 9 aromatic carbocycles. The average molecular weight is 782 g/mol. The maximum atomic E-state index is 2.50. The van der Waals surface area contributed by atoms with Crippen molar-refractivity contribution in [2.24, 2.45) is 0 Å². The molecule has 0 amide bonds. The van der Waals surface area contributed by atoms with E-state index in [0.717, 1.165) is 17.1 Å². The summed E-state index contributed by atoms with van der Waals surface area (Å²) in [5.74, 6) is 0. The van der Waals surface area contributed by atoms with Gasteiger partial charge in [-0.1, -0.05) is 172 Å². The third-order valence-electron chi connectivity index (χ3n) is 13.9. The second kappa shape index (κ2) is 12.3. The van der Waals surface area contributed by atoms with Crippen LogP contribution in [-0.4, -0.2) is 0 Å². The van der Waals surface area contributed by atoms with Gasteiger partial charge in [0, 0.05) is 42.6 Å². The molecule has 0 saturated carbocycles. The first kappa shape index (κ1) is 33.9. The van der Waals surface area contributed by atoms with Crippen LogP contribution in [0.2, 0.25) is 0 Å². The van der Waals surface area contributed by atoms with Gasteiger partial charge in [0.25, 0.3) is 0 Å². The van der Waals surface area contributed by atoms with E-state index in [9.17, 15) is 0 Å². The molecule has 0 bridgehead atoms. The summed E-state index contributed by atoms with van der Waals surface area (Å²) in [5.41, 5.74) is 21.6. The van der Waals surface area contributed by atoms with Crippen molar-refractivity contribution in [1.82, 2.24) is 0 Å². The molecule has 13 rings (SSSR count). The van der Waals surface area contributed by atoms with Crippen molar-refractivity contribution in [3.05, 3.63) is 234 Å². The summed E-state index contributed by atoms with van der Waals surface area (Å²) < 4.78 is 2.61. The number of hydrogen-bond donors (Lipinski definition) is 0. The summed E-state index contributed by atoms with van der Waals surface area (Å²) in [4.78, 5) is 2.48. The van der Waals surface area contributed by atoms with Crippen molar-refractivity contribution < 1.29 is 0 Å². The third-order valence-corrected chi connectivity index (χ3v) is 15.0. The summed E-state index contributed by atoms with van der Waals surface area (Å²) in [5, 5.41) is 2.62. The molecule has 282 valence electrons. The van der Waals surface area contributed by atoms with Crippen molar-refractivity contribution in [3.63, 3.8) is 0 Å². The average Bonchev–Trinajstić information content (AvgIpc) is 3.99. The van der Waals surface area contributed by atoms with Crippen LogP contribution in [0.4, 0.5) is 17.1 Å². The summed E-state index contributed by atoms with van der Waals surface area (Å²) >= 11 is 1.87. The Balaban J connectivity index is 1.02. The maximum absolute atomic E-state index is 2.50. The highest BCUT2D eigenvalue weighted by Crippen LogP contribution is 2.63. The normalized spacial score (nSPS) is 14.4. The summed E-state index contributed by atoms with van der Waals surface area (Å²) in [7, 11) is 0. The Labute approximate surface area is 354 Å². The van der Waals surface area contributed by atoms with Gasteiger partial charge in [0.2, 0.25) is 0 Å². The van der Waals surface area contributed by atoms with Crippen molar-refractivity contribution in [3.8, 4) is 44.5 Å². The predicted octanol–water partition coefficient (Wildman–Crippen LogP) is 15.8. The number of rotatable bonds is 4. The van der Waals surface area contributed by atoms with E-state index < -0.39 is 5.41 Å². The first-order chi connectivity index (χ1) is 29.5. The predicted molar refractivity (Wildman–Crippen MR) is 253 cm³/mol. The van der Waals surface area contributed by atoms with Crippen LogP contribution in [0.1, 0.15) is 47.2 Å². The van der Waals surface area contributed by atoms with Gasteiger partial charge in [0.1, 0.15) is 0 Å². The van der Waals surface area contributed by atoms with Crippen LogP contribution >= 0.6 is 11.3 Å². The molecule has 60 heavy (non-hydrogen) atoms. The number of fused-ring (bicyclic) bond motifs is 16. The van der Waals surface area contributed by atoms with Crippen LogP contribution in [0.3, 0.4) is 0 Å². The molecule has 0 N–H and O–H groups in total. The number of anilines is 3. The van der Waals surface area contributed by atoms with E-state index in [-0.39, 0.29) is 5.41 Å². The number of nitrogens with zero attached hydrogens (tertiary/aromatic N) is 1. The fourth-order valence-corrected chi connectivity index (χ4v) is 12.5. The van der Waals surface area contributed by atoms with E-state index in [1.54, 1.807) is 0 Å². The molecule has 0 atom stereocenters. The Bertz CT molecular complexity index is 3360. The van der Waals surface area contributed by atoms with Crippen molar-refractivity contribution in [2.45, 2.75) is 24.7 Å². The van der Waals surface area contributed by atoms with E-state index in [1.807, 2.05) is 11.3 Å². The van der Waals surface area contributed by atoms with Crippen LogP contribution in [-0.2, 0) is 10.8 Å². The number of thiophene rings is 1. The lowest BCUT2D eigenvalue weighted by Gasteiger charge is -2.32. The first-order valence-electron chi connectivity index (χ1n) is 21.0. The number of hydrogen-bond acceptors (Lipinski definition) is 2. The van der Waals surface area contributed by atoms with Gasteiger partial charge < -0.3 is 4.90 Å². The molecule has 0 radical (unpaired) electrons. The van der Waals surface area contributed by atoms with Gasteiger partial charge in [-0.05, 0) is 120 Å². The van der Waals surface area contributed by atoms with E-state index in [4.69, 9.17) is 0 Å². The molecule has 3 aliphatic carbocycles. The second-order valence-corrected chi connectivity index (χ2v) is 18.3. The first-order valence-corrected chi connectivity index (χ1v) is 21.8. The monoisotopic (exact) mass is 781 g/mol. The van der Waals surface area contributed by atoms with Gasteiger partial charge >= 0.3 is 0 Å². The van der Waals surface area contributed by atoms with Crippen molar-refractivity contribution in [2.75, 3.05) is 4.90 Å². The standard InChI is InChI=1S/C58H39NS/c1-57(2)49-21-8-3-17-44(49)48-20-13-19-40(56(48)57)36-26-28-37(29-27-36)59(39-31-33-47-46-18-7-12-25-54(46)60-55(47)35-39)38-30-32-45-43-16-6-11-24-52(43)58(53(45)34-38)50-22-9-4-14-41(50)42-15-5-10-23-51(42)58/h3-35H,1-2H3. The third kappa shape index (κ3) is 4.41. The van der Waals surface area contributed by atoms with Gasteiger partial charge in [-0.15, -0.1) is 11.3 Å². The molecule has 10 aromatic rings. The molecule has 0 aliphatic heterocycles. The molecule has 0 fully saturated rings. The van der Waals surface area contributed by atoms with Gasteiger partial charge in [-0.3, -0.25) is 0 Å². The van der Waals surface area contributed by atoms with Gasteiger partial charge in [0.05, 0.1) is 5.41 Å². The fraction of sp³-hybridized carbons (Fsp3) is 0.0690. The molecule has 1 aromatic heterocycles. The van der Waals surface area contributed by atoms with Crippen molar-refractivity contribution in [1.29, 1.82) is 0 Å². The van der Waals surface area contributed by atoms with E-state index in [1.165, 1.54) is 98.1 Å². The Hall–Kier alpha value is -7.00. The molecule has 1 spiro atoms. The van der Waals surface area contributed by atoms with E-state index >= 15 is 0 Å². The van der Waals surface area contributed by atoms with Crippen LogP contribution in [0.25, 0.3) is 64.7 Å². The highest BCUT2D eigenvalue weighted by molar-refractivity contribution is 7.25. The zero-order valence-corrected chi connectivity index (χ0v) is 34.2. The molecule has 1 heterocycles. The summed E-state index contributed by atoms with van der Waals surface area (Å²) in [6.45, 7) is 4.75. The van der Waals surface area contributed by atoms with Crippen LogP contribution in [0, 0.1) is 0 Å². The molecule has 3 aliphatic rings. The SMILES string of the molecule is CC1(C)c2ccccc2-c2cccc(-c3ccc(N(c4ccc5c(c4)C4(c6ccccc6-c6ccccc64)c4ccccc4-5)c4ccc5c(c4)sc4ccccc45)cc3)c21. The molecule has 2 heteroatoms. The van der Waals surface area contributed by atoms with E-state index in [0.29, 0.717) is 0 Å². The van der Waals surface area contributed by atoms with Crippen LogP contribution < -0.4 is 4.90 Å². The van der Waals surface area contributed by atoms with Crippen molar-refractivity contribution >= 4 is 48.6 Å². The Morgan fingerprint density at radius 1 is 0.350 bits per heavy atom. The maximum Gasteiger partial charge on any atom is 0.0726 e. The minimum atomic E-state index is -0.419. The topological polar surface area (TPSA) is 3.24 Å². The number of benzene rings is 9. The lowest BCUT2D eigenvalue weighted by atomic mass is 9.70. The largest absolute Gasteiger partial charge is 0.310 e. The minimum absolute atomic E-state index is 0.0949. The lowest BCUT2D eigenvalue weighted by Crippen LogP contribution is -2.26. The van der Waals surface area contributed by atoms with Gasteiger partial charge in [0.15, 0.2) is 0 Å². The van der Waals surface area contributed by atoms with Gasteiger partial charge in [-0.25, -0.2) is 0 Å². The Kier molecular flexibility index (Phi) is 6.94. The molecule has 0 saturated heterocycles. The molecular formula is C58H39NS. The van der Waals surface area contributed by atoms with Crippen LogP contribution in [0.5, 0.6) is 0 Å². The quantitative estimate of drug-likeness (QED) is 0.172. The minimum Gasteiger partial charge on any atom is -0.310 e. The smallest absolute Gasteiger partial charge is 0.0726 e.